The first-order chi connectivity index (χ1) is 8.67. The first-order valence-electron chi connectivity index (χ1n) is 5.15. The van der Waals surface area contributed by atoms with E-state index in [0.29, 0.717) is 16.7 Å². The van der Waals surface area contributed by atoms with Gasteiger partial charge in [-0.3, -0.25) is 9.78 Å². The minimum absolute atomic E-state index is 0.206. The summed E-state index contributed by atoms with van der Waals surface area (Å²) in [7, 11) is 1.78. The highest BCUT2D eigenvalue weighted by Crippen LogP contribution is 2.17. The fraction of sp³-hybridized carbons (Fsp3) is 0.200. The summed E-state index contributed by atoms with van der Waals surface area (Å²) in [5, 5.41) is 3.36. The molecule has 2 aromatic heterocycles. The molecule has 7 nitrogen and oxygen atoms in total. The highest BCUT2D eigenvalue weighted by Gasteiger charge is 2.02. The van der Waals surface area contributed by atoms with Crippen molar-refractivity contribution in [3.05, 3.63) is 34.5 Å². The molecule has 94 valence electrons. The van der Waals surface area contributed by atoms with Gasteiger partial charge in [-0.15, -0.1) is 0 Å². The van der Waals surface area contributed by atoms with Crippen molar-refractivity contribution in [2.75, 3.05) is 18.1 Å². The van der Waals surface area contributed by atoms with E-state index in [9.17, 15) is 4.79 Å². The molecule has 0 aliphatic heterocycles. The van der Waals surface area contributed by atoms with Crippen LogP contribution < -0.4 is 16.6 Å². The summed E-state index contributed by atoms with van der Waals surface area (Å²) in [5.41, 5.74) is 6.02. The van der Waals surface area contributed by atoms with E-state index in [0.717, 1.165) is 5.69 Å². The highest BCUT2D eigenvalue weighted by molar-refractivity contribution is 7.98. The summed E-state index contributed by atoms with van der Waals surface area (Å²) in [6.45, 7) is 0. The third-order valence-corrected chi connectivity index (χ3v) is 2.96. The lowest BCUT2D eigenvalue weighted by molar-refractivity contribution is 0.943. The topological polar surface area (TPSA) is 110 Å². The Hall–Kier alpha value is -2.09. The van der Waals surface area contributed by atoms with Crippen molar-refractivity contribution in [3.8, 4) is 0 Å². The lowest BCUT2D eigenvalue weighted by atomic mass is 10.5. The molecule has 4 N–H and O–H groups in total. The molecule has 0 saturated heterocycles. The molecule has 0 unspecified atom stereocenters. The van der Waals surface area contributed by atoms with Gasteiger partial charge in [0.25, 0.3) is 5.56 Å². The first kappa shape index (κ1) is 12.4. The number of thioether (sulfide) groups is 1. The Morgan fingerprint density at radius 2 is 2.28 bits per heavy atom. The van der Waals surface area contributed by atoms with Crippen LogP contribution in [0.2, 0.25) is 0 Å². The average Bonchev–Trinajstić information content (AvgIpc) is 2.36. The van der Waals surface area contributed by atoms with Gasteiger partial charge in [0.05, 0.1) is 18.1 Å². The number of nitrogens with zero attached hydrogens (tertiary/aromatic N) is 3. The van der Waals surface area contributed by atoms with E-state index in [1.807, 2.05) is 0 Å². The molecule has 0 saturated carbocycles. The van der Waals surface area contributed by atoms with Crippen LogP contribution in [0.5, 0.6) is 0 Å². The zero-order valence-corrected chi connectivity index (χ0v) is 10.5. The van der Waals surface area contributed by atoms with Gasteiger partial charge in [-0.25, -0.2) is 9.97 Å². The fourth-order valence-corrected chi connectivity index (χ4v) is 2.00. The number of aromatic amines is 1. The van der Waals surface area contributed by atoms with E-state index in [2.05, 4.69) is 25.3 Å². The van der Waals surface area contributed by atoms with Crippen molar-refractivity contribution >= 4 is 23.4 Å². The normalized spacial score (nSPS) is 10.3. The Balaban J connectivity index is 2.04. The number of H-pyrrole nitrogens is 1. The van der Waals surface area contributed by atoms with Crippen LogP contribution >= 0.6 is 11.8 Å². The van der Waals surface area contributed by atoms with Gasteiger partial charge in [-0.05, 0) is 0 Å². The van der Waals surface area contributed by atoms with Crippen molar-refractivity contribution in [1.29, 1.82) is 0 Å². The Bertz CT molecular complexity index is 582. The summed E-state index contributed by atoms with van der Waals surface area (Å²) >= 11 is 1.35. The van der Waals surface area contributed by atoms with E-state index in [4.69, 9.17) is 5.73 Å². The molecule has 0 radical (unpaired) electrons. The maximum Gasteiger partial charge on any atom is 0.253 e. The zero-order valence-electron chi connectivity index (χ0n) is 9.67. The molecule has 0 atom stereocenters. The molecule has 0 aromatic carbocycles. The van der Waals surface area contributed by atoms with E-state index in [1.54, 1.807) is 19.4 Å². The third-order valence-electron chi connectivity index (χ3n) is 2.06. The van der Waals surface area contributed by atoms with Crippen molar-refractivity contribution in [2.45, 2.75) is 10.9 Å². The van der Waals surface area contributed by atoms with Crippen LogP contribution in [-0.4, -0.2) is 27.0 Å². The average molecular weight is 264 g/mol. The number of hydrogen-bond donors (Lipinski definition) is 3. The molecule has 0 aliphatic rings. The van der Waals surface area contributed by atoms with Crippen LogP contribution in [0.25, 0.3) is 0 Å². The molecule has 2 heterocycles. The van der Waals surface area contributed by atoms with Crippen LogP contribution in [-0.2, 0) is 5.75 Å². The third kappa shape index (κ3) is 3.20. The second-order valence-electron chi connectivity index (χ2n) is 3.41. The molecule has 8 heteroatoms. The van der Waals surface area contributed by atoms with E-state index < -0.39 is 0 Å². The lowest BCUT2D eigenvalue weighted by Gasteiger charge is -2.02. The Morgan fingerprint density at radius 1 is 1.44 bits per heavy atom. The summed E-state index contributed by atoms with van der Waals surface area (Å²) < 4.78 is 0. The van der Waals surface area contributed by atoms with Gasteiger partial charge >= 0.3 is 0 Å². The number of hydrogen-bond acceptors (Lipinski definition) is 7. The SMILES string of the molecule is CNc1cnc(CSc2nc(N)cc(=O)[nH]2)cn1. The number of nitrogens with one attached hydrogen (secondary N) is 2. The van der Waals surface area contributed by atoms with Gasteiger partial charge in [0.2, 0.25) is 0 Å². The Labute approximate surface area is 107 Å². The predicted octanol–water partition coefficient (Wildman–Crippen LogP) is 0.476. The van der Waals surface area contributed by atoms with E-state index in [-0.39, 0.29) is 11.4 Å². The molecular weight excluding hydrogens is 252 g/mol. The Kier molecular flexibility index (Phi) is 3.78. The van der Waals surface area contributed by atoms with Gasteiger partial charge in [-0.2, -0.15) is 0 Å². The molecule has 18 heavy (non-hydrogen) atoms. The summed E-state index contributed by atoms with van der Waals surface area (Å²) in [4.78, 5) is 26.1. The highest BCUT2D eigenvalue weighted by atomic mass is 32.2. The van der Waals surface area contributed by atoms with Crippen molar-refractivity contribution < 1.29 is 0 Å². The van der Waals surface area contributed by atoms with Crippen LogP contribution in [0.1, 0.15) is 5.69 Å². The molecule has 0 fully saturated rings. The second-order valence-corrected chi connectivity index (χ2v) is 4.37. The van der Waals surface area contributed by atoms with Crippen LogP contribution in [0, 0.1) is 0 Å². The summed E-state index contributed by atoms with van der Waals surface area (Å²) in [5.74, 6) is 1.47. The Morgan fingerprint density at radius 3 is 2.89 bits per heavy atom. The van der Waals surface area contributed by atoms with Crippen LogP contribution in [0.15, 0.2) is 28.4 Å². The largest absolute Gasteiger partial charge is 0.383 e. The van der Waals surface area contributed by atoms with Gasteiger partial charge in [-0.1, -0.05) is 11.8 Å². The number of rotatable bonds is 4. The van der Waals surface area contributed by atoms with E-state index in [1.165, 1.54) is 17.8 Å². The maximum absolute atomic E-state index is 11.2. The molecule has 2 aromatic rings. The summed E-state index contributed by atoms with van der Waals surface area (Å²) in [6.07, 6.45) is 3.31. The van der Waals surface area contributed by atoms with Crippen molar-refractivity contribution in [3.63, 3.8) is 0 Å². The molecule has 0 bridgehead atoms. The number of anilines is 2. The molecule has 0 spiro atoms. The smallest absolute Gasteiger partial charge is 0.253 e. The fourth-order valence-electron chi connectivity index (χ4n) is 1.22. The first-order valence-corrected chi connectivity index (χ1v) is 6.14. The standard InChI is InChI=1S/C10H12N6OS/c1-12-8-4-13-6(3-14-8)5-18-10-15-7(11)2-9(17)16-10/h2-4H,5H2,1H3,(H,12,14)(H3,11,15,16,17). The van der Waals surface area contributed by atoms with Crippen molar-refractivity contribution in [2.24, 2.45) is 0 Å². The lowest BCUT2D eigenvalue weighted by Crippen LogP contribution is -2.09. The minimum Gasteiger partial charge on any atom is -0.383 e. The molecule has 0 amide bonds. The minimum atomic E-state index is -0.262. The quantitative estimate of drug-likeness (QED) is 0.544. The monoisotopic (exact) mass is 264 g/mol. The number of nitrogens with two attached hydrogens (primary N) is 1. The van der Waals surface area contributed by atoms with E-state index >= 15 is 0 Å². The number of nitrogen functional groups attached to an aromatic ring is 1. The maximum atomic E-state index is 11.2. The van der Waals surface area contributed by atoms with Gasteiger partial charge in [0.1, 0.15) is 11.6 Å². The molecular formula is C10H12N6OS. The number of aromatic nitrogens is 4. The zero-order chi connectivity index (χ0) is 13.0. The summed E-state index contributed by atoms with van der Waals surface area (Å²) in [6, 6.07) is 1.24. The van der Waals surface area contributed by atoms with Crippen LogP contribution in [0.3, 0.4) is 0 Å². The van der Waals surface area contributed by atoms with Crippen molar-refractivity contribution in [1.82, 2.24) is 19.9 Å². The molecule has 2 rings (SSSR count). The van der Waals surface area contributed by atoms with Gasteiger partial charge in [0.15, 0.2) is 5.16 Å². The molecule has 0 aliphatic carbocycles. The van der Waals surface area contributed by atoms with Gasteiger partial charge in [0, 0.05) is 18.9 Å². The van der Waals surface area contributed by atoms with Crippen LogP contribution in [0.4, 0.5) is 11.6 Å². The van der Waals surface area contributed by atoms with Gasteiger partial charge < -0.3 is 16.0 Å². The second kappa shape index (κ2) is 5.50. The predicted molar refractivity (Wildman–Crippen MR) is 70.4 cm³/mol.